The topological polar surface area (TPSA) is 80.3 Å². The zero-order valence-electron chi connectivity index (χ0n) is 14.5. The van der Waals surface area contributed by atoms with Crippen LogP contribution in [-0.2, 0) is 26.2 Å². The van der Waals surface area contributed by atoms with E-state index in [1.807, 2.05) is 0 Å². The molecular weight excluding hydrogens is 413 g/mol. The summed E-state index contributed by atoms with van der Waals surface area (Å²) in [4.78, 5) is -0.0678. The van der Waals surface area contributed by atoms with Crippen LogP contribution < -0.4 is 5.32 Å². The first kappa shape index (κ1) is 20.3. The van der Waals surface area contributed by atoms with E-state index in [4.69, 9.17) is 11.6 Å². The molecule has 5 nitrogen and oxygen atoms in total. The number of nitrogens with one attached hydrogen (secondary N) is 1. The van der Waals surface area contributed by atoms with Crippen LogP contribution in [0.5, 0.6) is 0 Å². The lowest BCUT2D eigenvalue weighted by atomic mass is 10.2. The zero-order chi connectivity index (χ0) is 19.8. The molecule has 2 unspecified atom stereocenters. The molecule has 1 heterocycles. The molecule has 9 heteroatoms. The molecule has 1 aliphatic heterocycles. The van der Waals surface area contributed by atoms with E-state index in [0.717, 1.165) is 11.6 Å². The summed E-state index contributed by atoms with van der Waals surface area (Å²) in [6, 6.07) is 9.74. The lowest BCUT2D eigenvalue weighted by Gasteiger charge is -2.20. The Balaban J connectivity index is 1.86. The van der Waals surface area contributed by atoms with Gasteiger partial charge in [-0.25, -0.2) is 21.2 Å². The van der Waals surface area contributed by atoms with Crippen molar-refractivity contribution >= 4 is 31.3 Å². The van der Waals surface area contributed by atoms with E-state index in [2.05, 4.69) is 5.32 Å². The minimum Gasteiger partial charge on any atom is -0.308 e. The fraction of sp³-hybridized carbons (Fsp3) is 0.333. The number of sulfone groups is 2. The molecule has 1 saturated heterocycles. The Morgan fingerprint density at radius 2 is 1.81 bits per heavy atom. The fourth-order valence-electron chi connectivity index (χ4n) is 3.13. The number of rotatable bonds is 5. The van der Waals surface area contributed by atoms with Gasteiger partial charge in [0.15, 0.2) is 19.7 Å². The Hall–Kier alpha value is -1.48. The predicted molar refractivity (Wildman–Crippen MR) is 103 cm³/mol. The van der Waals surface area contributed by atoms with E-state index in [1.54, 1.807) is 24.3 Å². The maximum Gasteiger partial charge on any atom is 0.183 e. The standard InChI is InChI=1S/C18H19ClFNO4S2/c1-12-8-15(6-7-16(12)20)27(24,25)18-11-26(22,23)10-17(18)21-9-13-2-4-14(19)5-3-13/h2-8,17-18,21H,9-11H2,1H3. The van der Waals surface area contributed by atoms with Gasteiger partial charge < -0.3 is 5.32 Å². The van der Waals surface area contributed by atoms with Gasteiger partial charge in [-0.15, -0.1) is 0 Å². The van der Waals surface area contributed by atoms with E-state index in [-0.39, 0.29) is 16.2 Å². The van der Waals surface area contributed by atoms with E-state index in [1.165, 1.54) is 19.1 Å². The average Bonchev–Trinajstić information content (AvgIpc) is 2.92. The molecule has 2 atom stereocenters. The monoisotopic (exact) mass is 431 g/mol. The summed E-state index contributed by atoms with van der Waals surface area (Å²) in [6.45, 7) is 1.78. The minimum absolute atomic E-state index is 0.0678. The molecule has 146 valence electrons. The van der Waals surface area contributed by atoms with Crippen LogP contribution in [-0.4, -0.2) is 39.6 Å². The lowest BCUT2D eigenvalue weighted by molar-refractivity contribution is 0.525. The molecule has 0 bridgehead atoms. The molecule has 0 amide bonds. The van der Waals surface area contributed by atoms with Crippen molar-refractivity contribution in [3.05, 3.63) is 64.4 Å². The fourth-order valence-corrected chi connectivity index (χ4v) is 8.06. The summed E-state index contributed by atoms with van der Waals surface area (Å²) in [5.74, 6) is -1.22. The van der Waals surface area contributed by atoms with E-state index >= 15 is 0 Å². The van der Waals surface area contributed by atoms with Crippen LogP contribution in [0, 0.1) is 12.7 Å². The van der Waals surface area contributed by atoms with Gasteiger partial charge in [-0.3, -0.25) is 0 Å². The first-order valence-corrected chi connectivity index (χ1v) is 12.0. The third kappa shape index (κ3) is 4.51. The number of hydrogen-bond acceptors (Lipinski definition) is 5. The van der Waals surface area contributed by atoms with Crippen LogP contribution in [0.3, 0.4) is 0 Å². The van der Waals surface area contributed by atoms with Gasteiger partial charge in [-0.2, -0.15) is 0 Å². The molecule has 1 N–H and O–H groups in total. The molecule has 0 aliphatic carbocycles. The van der Waals surface area contributed by atoms with Crippen molar-refractivity contribution < 1.29 is 21.2 Å². The molecule has 1 aliphatic rings. The van der Waals surface area contributed by atoms with E-state index in [9.17, 15) is 21.2 Å². The highest BCUT2D eigenvalue weighted by atomic mass is 35.5. The van der Waals surface area contributed by atoms with Crippen LogP contribution in [0.15, 0.2) is 47.4 Å². The largest absolute Gasteiger partial charge is 0.308 e. The first-order chi connectivity index (χ1) is 12.6. The molecule has 0 radical (unpaired) electrons. The Labute approximate surface area is 163 Å². The van der Waals surface area contributed by atoms with Crippen molar-refractivity contribution in [3.8, 4) is 0 Å². The van der Waals surface area contributed by atoms with Gasteiger partial charge in [0.25, 0.3) is 0 Å². The minimum atomic E-state index is -3.94. The molecule has 27 heavy (non-hydrogen) atoms. The number of hydrogen-bond donors (Lipinski definition) is 1. The second-order valence-corrected chi connectivity index (χ2v) is 11.4. The van der Waals surface area contributed by atoms with Crippen molar-refractivity contribution in [2.24, 2.45) is 0 Å². The van der Waals surface area contributed by atoms with Gasteiger partial charge in [0, 0.05) is 17.6 Å². The molecule has 3 rings (SSSR count). The molecule has 0 saturated carbocycles. The molecule has 0 spiro atoms. The van der Waals surface area contributed by atoms with Crippen molar-refractivity contribution in [3.63, 3.8) is 0 Å². The van der Waals surface area contributed by atoms with E-state index < -0.39 is 42.5 Å². The highest BCUT2D eigenvalue weighted by Gasteiger charge is 2.45. The normalized spacial score (nSPS) is 22.0. The van der Waals surface area contributed by atoms with Crippen molar-refractivity contribution in [1.82, 2.24) is 5.32 Å². The van der Waals surface area contributed by atoms with Crippen LogP contribution in [0.2, 0.25) is 5.02 Å². The van der Waals surface area contributed by atoms with Crippen LogP contribution in [0.1, 0.15) is 11.1 Å². The quantitative estimate of drug-likeness (QED) is 0.736. The Kier molecular flexibility index (Phi) is 5.63. The van der Waals surface area contributed by atoms with Gasteiger partial charge in [-0.05, 0) is 48.4 Å². The van der Waals surface area contributed by atoms with Gasteiger partial charge in [-0.1, -0.05) is 23.7 Å². The molecular formula is C18H19ClFNO4S2. The van der Waals surface area contributed by atoms with Gasteiger partial charge in [0.05, 0.1) is 21.7 Å². The number of aryl methyl sites for hydroxylation is 1. The van der Waals surface area contributed by atoms with Crippen LogP contribution in [0.25, 0.3) is 0 Å². The van der Waals surface area contributed by atoms with Gasteiger partial charge >= 0.3 is 0 Å². The maximum atomic E-state index is 13.5. The van der Waals surface area contributed by atoms with Crippen molar-refractivity contribution in [2.75, 3.05) is 11.5 Å². The van der Waals surface area contributed by atoms with Crippen molar-refractivity contribution in [2.45, 2.75) is 29.7 Å². The third-order valence-electron chi connectivity index (χ3n) is 4.64. The maximum absolute atomic E-state index is 13.5. The summed E-state index contributed by atoms with van der Waals surface area (Å²) in [7, 11) is -7.44. The number of benzene rings is 2. The molecule has 2 aromatic rings. The summed E-state index contributed by atoms with van der Waals surface area (Å²) in [6.07, 6.45) is 0. The Morgan fingerprint density at radius 1 is 1.15 bits per heavy atom. The average molecular weight is 432 g/mol. The second kappa shape index (κ2) is 7.50. The zero-order valence-corrected chi connectivity index (χ0v) is 16.9. The summed E-state index contributed by atoms with van der Waals surface area (Å²) in [5.41, 5.74) is 1.06. The highest BCUT2D eigenvalue weighted by Crippen LogP contribution is 2.27. The number of halogens is 2. The Bertz CT molecular complexity index is 1050. The summed E-state index contributed by atoms with van der Waals surface area (Å²) >= 11 is 5.85. The van der Waals surface area contributed by atoms with E-state index in [0.29, 0.717) is 11.6 Å². The second-order valence-electron chi connectivity index (χ2n) is 6.69. The van der Waals surface area contributed by atoms with Gasteiger partial charge in [0.2, 0.25) is 0 Å². The lowest BCUT2D eigenvalue weighted by Crippen LogP contribution is -2.43. The Morgan fingerprint density at radius 3 is 2.44 bits per heavy atom. The highest BCUT2D eigenvalue weighted by molar-refractivity contribution is 7.96. The van der Waals surface area contributed by atoms with Crippen molar-refractivity contribution in [1.29, 1.82) is 0 Å². The predicted octanol–water partition coefficient (Wildman–Crippen LogP) is 2.52. The molecule has 0 aromatic heterocycles. The summed E-state index contributed by atoms with van der Waals surface area (Å²) < 4.78 is 63.8. The smallest absolute Gasteiger partial charge is 0.183 e. The molecule has 1 fully saturated rings. The summed E-state index contributed by atoms with van der Waals surface area (Å²) in [5, 5.41) is 2.50. The molecule has 2 aromatic carbocycles. The SMILES string of the molecule is Cc1cc(S(=O)(=O)C2CS(=O)(=O)CC2NCc2ccc(Cl)cc2)ccc1F. The van der Waals surface area contributed by atoms with Crippen LogP contribution >= 0.6 is 11.6 Å². The van der Waals surface area contributed by atoms with Crippen LogP contribution in [0.4, 0.5) is 4.39 Å². The third-order valence-corrected chi connectivity index (χ3v) is 9.04. The first-order valence-electron chi connectivity index (χ1n) is 8.27. The van der Waals surface area contributed by atoms with Gasteiger partial charge in [0.1, 0.15) is 5.82 Å².